The molecule has 0 fully saturated rings. The minimum atomic E-state index is -0.638. The molecule has 2 N–H and O–H groups in total. The van der Waals surface area contributed by atoms with Gasteiger partial charge in [0.15, 0.2) is 0 Å². The van der Waals surface area contributed by atoms with Crippen molar-refractivity contribution >= 4 is 21.6 Å². The maximum atomic E-state index is 12.7. The second-order valence-electron chi connectivity index (χ2n) is 7.11. The first-order valence-electron chi connectivity index (χ1n) is 9.73. The standard InChI is InChI=1S/C20H29N3O4S/c1-3-9-27-13-14(24)11-23(8-10-26-2)12-17-21-19(25)18-15-6-4-5-7-16(15)28-20(18)22-17/h3,14,24H,1,4-13H2,2H3,(H,21,22,25)/t14-/m1/s1. The number of hydrogen-bond acceptors (Lipinski definition) is 7. The largest absolute Gasteiger partial charge is 0.389 e. The number of ether oxygens (including phenoxy) is 2. The minimum absolute atomic E-state index is 0.0547. The Balaban J connectivity index is 1.75. The van der Waals surface area contributed by atoms with Crippen LogP contribution in [0.1, 0.15) is 29.1 Å². The third-order valence-corrected chi connectivity index (χ3v) is 6.06. The van der Waals surface area contributed by atoms with Gasteiger partial charge in [0.05, 0.1) is 37.9 Å². The Morgan fingerprint density at radius 3 is 3.04 bits per heavy atom. The van der Waals surface area contributed by atoms with Crippen LogP contribution in [0.25, 0.3) is 10.2 Å². The molecule has 154 valence electrons. The lowest BCUT2D eigenvalue weighted by Crippen LogP contribution is -2.37. The van der Waals surface area contributed by atoms with Crippen molar-refractivity contribution in [3.63, 3.8) is 0 Å². The number of rotatable bonds is 11. The second-order valence-corrected chi connectivity index (χ2v) is 8.20. The molecular weight excluding hydrogens is 378 g/mol. The molecule has 0 saturated heterocycles. The number of aromatic nitrogens is 2. The molecule has 2 aromatic heterocycles. The number of nitrogens with zero attached hydrogens (tertiary/aromatic N) is 2. The molecule has 8 heteroatoms. The van der Waals surface area contributed by atoms with Gasteiger partial charge in [-0.15, -0.1) is 17.9 Å². The first kappa shape index (κ1) is 21.1. The van der Waals surface area contributed by atoms with Crippen molar-refractivity contribution in [1.29, 1.82) is 0 Å². The number of methoxy groups -OCH3 is 1. The van der Waals surface area contributed by atoms with Gasteiger partial charge < -0.3 is 19.6 Å². The van der Waals surface area contributed by atoms with Crippen LogP contribution in [-0.4, -0.2) is 66.1 Å². The average molecular weight is 408 g/mol. The zero-order valence-electron chi connectivity index (χ0n) is 16.4. The molecule has 2 aromatic rings. The smallest absolute Gasteiger partial charge is 0.259 e. The molecular formula is C20H29N3O4S. The molecule has 0 bridgehead atoms. The maximum Gasteiger partial charge on any atom is 0.259 e. The van der Waals surface area contributed by atoms with Crippen molar-refractivity contribution in [3.8, 4) is 0 Å². The summed E-state index contributed by atoms with van der Waals surface area (Å²) in [7, 11) is 1.64. The topological polar surface area (TPSA) is 87.7 Å². The summed E-state index contributed by atoms with van der Waals surface area (Å²) >= 11 is 1.65. The number of aryl methyl sites for hydroxylation is 2. The van der Waals surface area contributed by atoms with Crippen LogP contribution < -0.4 is 5.56 Å². The molecule has 7 nitrogen and oxygen atoms in total. The normalized spacial score (nSPS) is 15.1. The Bertz CT molecular complexity index is 848. The van der Waals surface area contributed by atoms with Crippen LogP contribution in [0.3, 0.4) is 0 Å². The number of hydrogen-bond donors (Lipinski definition) is 2. The lowest BCUT2D eigenvalue weighted by Gasteiger charge is -2.24. The van der Waals surface area contributed by atoms with Gasteiger partial charge in [-0.25, -0.2) is 4.98 Å². The summed E-state index contributed by atoms with van der Waals surface area (Å²) in [5.74, 6) is 0.617. The lowest BCUT2D eigenvalue weighted by atomic mass is 9.97. The van der Waals surface area contributed by atoms with Crippen LogP contribution in [0.4, 0.5) is 0 Å². The van der Waals surface area contributed by atoms with Crippen molar-refractivity contribution in [1.82, 2.24) is 14.9 Å². The number of aromatic amines is 1. The van der Waals surface area contributed by atoms with Crippen LogP contribution in [-0.2, 0) is 28.9 Å². The fraction of sp³-hybridized carbons (Fsp3) is 0.600. The van der Waals surface area contributed by atoms with E-state index in [2.05, 4.69) is 11.6 Å². The quantitative estimate of drug-likeness (QED) is 0.437. The highest BCUT2D eigenvalue weighted by molar-refractivity contribution is 7.18. The molecule has 3 rings (SSSR count). The summed E-state index contributed by atoms with van der Waals surface area (Å²) < 4.78 is 10.5. The summed E-state index contributed by atoms with van der Waals surface area (Å²) in [6, 6.07) is 0. The van der Waals surface area contributed by atoms with E-state index in [1.807, 2.05) is 4.90 Å². The van der Waals surface area contributed by atoms with Crippen molar-refractivity contribution in [2.24, 2.45) is 0 Å². The summed E-state index contributed by atoms with van der Waals surface area (Å²) in [6.07, 6.45) is 5.34. The van der Waals surface area contributed by atoms with E-state index in [1.54, 1.807) is 24.5 Å². The van der Waals surface area contributed by atoms with Gasteiger partial charge in [-0.2, -0.15) is 0 Å². The number of aliphatic hydroxyl groups excluding tert-OH is 1. The van der Waals surface area contributed by atoms with E-state index in [4.69, 9.17) is 14.5 Å². The molecule has 0 amide bonds. The molecule has 28 heavy (non-hydrogen) atoms. The Morgan fingerprint density at radius 2 is 2.25 bits per heavy atom. The summed E-state index contributed by atoms with van der Waals surface area (Å²) in [4.78, 5) is 24.5. The van der Waals surface area contributed by atoms with Crippen molar-refractivity contribution < 1.29 is 14.6 Å². The molecule has 1 atom stereocenters. The van der Waals surface area contributed by atoms with E-state index in [1.165, 1.54) is 16.9 Å². The maximum absolute atomic E-state index is 12.7. The van der Waals surface area contributed by atoms with Gasteiger partial charge in [-0.05, 0) is 31.2 Å². The van der Waals surface area contributed by atoms with Gasteiger partial charge >= 0.3 is 0 Å². The van der Waals surface area contributed by atoms with Crippen molar-refractivity contribution in [2.75, 3.05) is 40.0 Å². The summed E-state index contributed by atoms with van der Waals surface area (Å²) in [6.45, 7) is 6.23. The highest BCUT2D eigenvalue weighted by Gasteiger charge is 2.21. The number of aliphatic hydroxyl groups is 1. The SMILES string of the molecule is C=CCOC[C@H](O)CN(CCOC)Cc1nc2sc3c(c2c(=O)[nH]1)CCCC3. The third kappa shape index (κ3) is 5.27. The van der Waals surface area contributed by atoms with Gasteiger partial charge in [-0.1, -0.05) is 6.08 Å². The first-order valence-corrected chi connectivity index (χ1v) is 10.6. The molecule has 0 unspecified atom stereocenters. The number of thiophene rings is 1. The molecule has 0 aromatic carbocycles. The first-order chi connectivity index (χ1) is 13.6. The molecule has 0 saturated carbocycles. The van der Waals surface area contributed by atoms with E-state index < -0.39 is 6.10 Å². The van der Waals surface area contributed by atoms with Crippen LogP contribution in [0.5, 0.6) is 0 Å². The fourth-order valence-corrected chi connectivity index (χ4v) is 4.87. The van der Waals surface area contributed by atoms with E-state index >= 15 is 0 Å². The Morgan fingerprint density at radius 1 is 1.43 bits per heavy atom. The van der Waals surface area contributed by atoms with E-state index in [-0.39, 0.29) is 12.2 Å². The molecule has 0 aliphatic heterocycles. The van der Waals surface area contributed by atoms with Gasteiger partial charge in [0.2, 0.25) is 0 Å². The van der Waals surface area contributed by atoms with Gasteiger partial charge in [0.25, 0.3) is 5.56 Å². The number of fused-ring (bicyclic) bond motifs is 3. The van der Waals surface area contributed by atoms with Crippen molar-refractivity contribution in [3.05, 3.63) is 39.3 Å². The van der Waals surface area contributed by atoms with Gasteiger partial charge in [0, 0.05) is 25.1 Å². The minimum Gasteiger partial charge on any atom is -0.389 e. The second kappa shape index (κ2) is 10.3. The molecule has 1 aliphatic carbocycles. The summed E-state index contributed by atoms with van der Waals surface area (Å²) in [5.41, 5.74) is 1.14. The van der Waals surface area contributed by atoms with E-state index in [0.717, 1.165) is 29.5 Å². The molecule has 2 heterocycles. The monoisotopic (exact) mass is 407 g/mol. The Labute approximate surface area is 169 Å². The van der Waals surface area contributed by atoms with E-state index in [0.29, 0.717) is 38.7 Å². The highest BCUT2D eigenvalue weighted by atomic mass is 32.1. The molecule has 1 aliphatic rings. The predicted molar refractivity (Wildman–Crippen MR) is 111 cm³/mol. The third-order valence-electron chi connectivity index (χ3n) is 4.87. The van der Waals surface area contributed by atoms with Gasteiger partial charge in [-0.3, -0.25) is 9.69 Å². The Hall–Kier alpha value is -1.58. The number of H-pyrrole nitrogens is 1. The average Bonchev–Trinajstić information content (AvgIpc) is 3.05. The Kier molecular flexibility index (Phi) is 7.75. The molecule has 0 spiro atoms. The van der Waals surface area contributed by atoms with Crippen molar-refractivity contribution in [2.45, 2.75) is 38.3 Å². The fourth-order valence-electron chi connectivity index (χ4n) is 3.59. The van der Waals surface area contributed by atoms with Crippen LogP contribution in [0, 0.1) is 0 Å². The van der Waals surface area contributed by atoms with Gasteiger partial charge in [0.1, 0.15) is 10.7 Å². The highest BCUT2D eigenvalue weighted by Crippen LogP contribution is 2.33. The number of nitrogens with one attached hydrogen (secondary N) is 1. The zero-order valence-corrected chi connectivity index (χ0v) is 17.2. The van der Waals surface area contributed by atoms with E-state index in [9.17, 15) is 9.90 Å². The zero-order chi connectivity index (χ0) is 19.9. The van der Waals surface area contributed by atoms with Crippen LogP contribution in [0.2, 0.25) is 0 Å². The molecule has 0 radical (unpaired) electrons. The van der Waals surface area contributed by atoms with Crippen LogP contribution >= 0.6 is 11.3 Å². The summed E-state index contributed by atoms with van der Waals surface area (Å²) in [5, 5.41) is 11.0. The predicted octanol–water partition coefficient (Wildman–Crippen LogP) is 1.88. The van der Waals surface area contributed by atoms with Crippen LogP contribution in [0.15, 0.2) is 17.4 Å². The lowest BCUT2D eigenvalue weighted by molar-refractivity contribution is 0.0189.